The number of hydrogen-bond acceptors (Lipinski definition) is 4. The van der Waals surface area contributed by atoms with Crippen LogP contribution in [-0.2, 0) is 4.79 Å². The number of nitrogens with two attached hydrogens (primary N) is 2. The summed E-state index contributed by atoms with van der Waals surface area (Å²) in [4.78, 5) is 11.1. The first-order valence-corrected chi connectivity index (χ1v) is 4.61. The molecule has 5 heteroatoms. The van der Waals surface area contributed by atoms with Crippen LogP contribution in [0.1, 0.15) is 11.5 Å². The van der Waals surface area contributed by atoms with E-state index in [0.29, 0.717) is 11.5 Å². The molecule has 0 fully saturated rings. The van der Waals surface area contributed by atoms with Crippen molar-refractivity contribution in [3.8, 4) is 11.5 Å². The van der Waals surface area contributed by atoms with E-state index in [-0.39, 0.29) is 13.3 Å². The van der Waals surface area contributed by atoms with E-state index in [1.54, 1.807) is 18.2 Å². The highest BCUT2D eigenvalue weighted by atomic mass is 16.7. The topological polar surface area (TPSA) is 87.6 Å². The Morgan fingerprint density at radius 1 is 1.40 bits per heavy atom. The lowest BCUT2D eigenvalue weighted by molar-refractivity contribution is -0.119. The second-order valence-electron chi connectivity index (χ2n) is 3.30. The number of primary amides is 1. The van der Waals surface area contributed by atoms with Crippen molar-refractivity contribution in [2.45, 2.75) is 5.92 Å². The van der Waals surface area contributed by atoms with Crippen molar-refractivity contribution >= 4 is 5.91 Å². The summed E-state index contributed by atoms with van der Waals surface area (Å²) in [5.74, 6) is 0.405. The molecule has 0 aliphatic carbocycles. The van der Waals surface area contributed by atoms with Gasteiger partial charge in [-0.25, -0.2) is 0 Å². The van der Waals surface area contributed by atoms with Crippen LogP contribution in [0.4, 0.5) is 0 Å². The lowest BCUT2D eigenvalue weighted by atomic mass is 9.98. The van der Waals surface area contributed by atoms with Crippen molar-refractivity contribution < 1.29 is 14.3 Å². The second-order valence-corrected chi connectivity index (χ2v) is 3.30. The first-order chi connectivity index (χ1) is 7.22. The number of ether oxygens (including phenoxy) is 2. The number of fused-ring (bicyclic) bond motifs is 1. The van der Waals surface area contributed by atoms with E-state index in [1.165, 1.54) is 0 Å². The minimum absolute atomic E-state index is 0.189. The predicted octanol–water partition coefficient (Wildman–Crippen LogP) is -0.0571. The molecule has 0 spiro atoms. The van der Waals surface area contributed by atoms with Crippen LogP contribution in [0.15, 0.2) is 18.2 Å². The van der Waals surface area contributed by atoms with Crippen LogP contribution in [-0.4, -0.2) is 19.2 Å². The molecule has 0 radical (unpaired) electrons. The Morgan fingerprint density at radius 2 is 2.13 bits per heavy atom. The van der Waals surface area contributed by atoms with Gasteiger partial charge in [0.1, 0.15) is 0 Å². The van der Waals surface area contributed by atoms with E-state index >= 15 is 0 Å². The molecule has 0 aromatic heterocycles. The van der Waals surface area contributed by atoms with Gasteiger partial charge < -0.3 is 20.9 Å². The smallest absolute Gasteiger partial charge is 0.231 e. The number of amides is 1. The third kappa shape index (κ3) is 1.73. The molecule has 1 aromatic rings. The molecule has 80 valence electrons. The van der Waals surface area contributed by atoms with E-state index in [2.05, 4.69) is 0 Å². The Morgan fingerprint density at radius 3 is 2.80 bits per heavy atom. The third-order valence-electron chi connectivity index (χ3n) is 2.38. The number of rotatable bonds is 3. The fraction of sp³-hybridized carbons (Fsp3) is 0.300. The summed E-state index contributed by atoms with van der Waals surface area (Å²) in [7, 11) is 0. The summed E-state index contributed by atoms with van der Waals surface area (Å²) in [6.07, 6.45) is 0. The van der Waals surface area contributed by atoms with Crippen LogP contribution in [0.25, 0.3) is 0 Å². The standard InChI is InChI=1S/C10H12N2O3/c11-4-7(10(12)13)6-1-2-8-9(3-6)15-5-14-8/h1-3,7H,4-5,11H2,(H2,12,13). The van der Waals surface area contributed by atoms with Gasteiger partial charge in [-0.3, -0.25) is 4.79 Å². The van der Waals surface area contributed by atoms with E-state index in [4.69, 9.17) is 20.9 Å². The Hall–Kier alpha value is -1.75. The Balaban J connectivity index is 2.32. The van der Waals surface area contributed by atoms with Crippen LogP contribution < -0.4 is 20.9 Å². The first-order valence-electron chi connectivity index (χ1n) is 4.61. The van der Waals surface area contributed by atoms with Crippen LogP contribution in [0.3, 0.4) is 0 Å². The molecule has 0 saturated heterocycles. The van der Waals surface area contributed by atoms with Crippen molar-refractivity contribution in [3.63, 3.8) is 0 Å². The molecule has 1 unspecified atom stereocenters. The number of carbonyl (C=O) groups excluding carboxylic acids is 1. The van der Waals surface area contributed by atoms with Crippen LogP contribution in [0.2, 0.25) is 0 Å². The molecular formula is C10H12N2O3. The minimum Gasteiger partial charge on any atom is -0.454 e. The quantitative estimate of drug-likeness (QED) is 0.728. The summed E-state index contributed by atoms with van der Waals surface area (Å²) < 4.78 is 10.4. The third-order valence-corrected chi connectivity index (χ3v) is 2.38. The Bertz CT molecular complexity index is 392. The molecule has 0 bridgehead atoms. The van der Waals surface area contributed by atoms with Gasteiger partial charge in [-0.2, -0.15) is 0 Å². The van der Waals surface area contributed by atoms with Crippen molar-refractivity contribution in [1.29, 1.82) is 0 Å². The highest BCUT2D eigenvalue weighted by Gasteiger charge is 2.20. The zero-order chi connectivity index (χ0) is 10.8. The molecule has 5 nitrogen and oxygen atoms in total. The second kappa shape index (κ2) is 3.78. The highest BCUT2D eigenvalue weighted by molar-refractivity contribution is 5.82. The van der Waals surface area contributed by atoms with Gasteiger partial charge in [0.2, 0.25) is 12.7 Å². The average molecular weight is 208 g/mol. The van der Waals surface area contributed by atoms with Gasteiger partial charge in [-0.1, -0.05) is 6.07 Å². The molecular weight excluding hydrogens is 196 g/mol. The molecule has 15 heavy (non-hydrogen) atoms. The predicted molar refractivity (Wildman–Crippen MR) is 53.6 cm³/mol. The van der Waals surface area contributed by atoms with Crippen LogP contribution >= 0.6 is 0 Å². The zero-order valence-electron chi connectivity index (χ0n) is 8.10. The molecule has 0 saturated carbocycles. The van der Waals surface area contributed by atoms with Crippen molar-refractivity contribution in [2.75, 3.05) is 13.3 Å². The van der Waals surface area contributed by atoms with Gasteiger partial charge in [-0.05, 0) is 17.7 Å². The number of carbonyl (C=O) groups is 1. The summed E-state index contributed by atoms with van der Waals surface area (Å²) >= 11 is 0. The molecule has 1 aliphatic heterocycles. The van der Waals surface area contributed by atoms with Gasteiger partial charge in [0.25, 0.3) is 0 Å². The molecule has 1 atom stereocenters. The maximum Gasteiger partial charge on any atom is 0.231 e. The Labute approximate surface area is 87.0 Å². The molecule has 4 N–H and O–H groups in total. The van der Waals surface area contributed by atoms with Gasteiger partial charge in [0.15, 0.2) is 11.5 Å². The highest BCUT2D eigenvalue weighted by Crippen LogP contribution is 2.34. The first kappa shape index (κ1) is 9.79. The fourth-order valence-corrected chi connectivity index (χ4v) is 1.55. The van der Waals surface area contributed by atoms with Gasteiger partial charge in [0.05, 0.1) is 5.92 Å². The van der Waals surface area contributed by atoms with Crippen molar-refractivity contribution in [2.24, 2.45) is 11.5 Å². The lowest BCUT2D eigenvalue weighted by Gasteiger charge is -2.11. The summed E-state index contributed by atoms with van der Waals surface area (Å²) in [5, 5.41) is 0. The maximum atomic E-state index is 11.1. The average Bonchev–Trinajstić information content (AvgIpc) is 2.65. The number of benzene rings is 1. The van der Waals surface area contributed by atoms with E-state index in [9.17, 15) is 4.79 Å². The fourth-order valence-electron chi connectivity index (χ4n) is 1.55. The van der Waals surface area contributed by atoms with Crippen molar-refractivity contribution in [3.05, 3.63) is 23.8 Å². The molecule has 2 rings (SSSR count). The molecule has 1 aromatic carbocycles. The molecule has 1 heterocycles. The van der Waals surface area contributed by atoms with E-state index in [1.807, 2.05) is 0 Å². The molecule has 1 amide bonds. The van der Waals surface area contributed by atoms with E-state index < -0.39 is 11.8 Å². The van der Waals surface area contributed by atoms with Gasteiger partial charge in [0, 0.05) is 6.54 Å². The van der Waals surface area contributed by atoms with Crippen LogP contribution in [0, 0.1) is 0 Å². The zero-order valence-corrected chi connectivity index (χ0v) is 8.10. The van der Waals surface area contributed by atoms with Gasteiger partial charge >= 0.3 is 0 Å². The summed E-state index contributed by atoms with van der Waals surface area (Å²) in [5.41, 5.74) is 11.5. The van der Waals surface area contributed by atoms with Gasteiger partial charge in [-0.15, -0.1) is 0 Å². The van der Waals surface area contributed by atoms with E-state index in [0.717, 1.165) is 5.56 Å². The SMILES string of the molecule is NCC(C(N)=O)c1ccc2c(c1)OCO2. The summed E-state index contributed by atoms with van der Waals surface area (Å²) in [6.45, 7) is 0.400. The molecule has 1 aliphatic rings. The van der Waals surface area contributed by atoms with Crippen LogP contribution in [0.5, 0.6) is 11.5 Å². The Kier molecular flexibility index (Phi) is 2.47. The maximum absolute atomic E-state index is 11.1. The lowest BCUT2D eigenvalue weighted by Crippen LogP contribution is -2.27. The summed E-state index contributed by atoms with van der Waals surface area (Å²) in [6, 6.07) is 5.27. The van der Waals surface area contributed by atoms with Crippen molar-refractivity contribution in [1.82, 2.24) is 0 Å². The minimum atomic E-state index is -0.473. The largest absolute Gasteiger partial charge is 0.454 e. The monoisotopic (exact) mass is 208 g/mol. The normalized spacial score (nSPS) is 15.0. The number of hydrogen-bond donors (Lipinski definition) is 2.